The maximum atomic E-state index is 9.73. The summed E-state index contributed by atoms with van der Waals surface area (Å²) in [5.74, 6) is 1.68. The van der Waals surface area contributed by atoms with E-state index in [4.69, 9.17) is 0 Å². The average molecular weight is 194 g/mol. The molecule has 1 N–H and O–H groups in total. The van der Waals surface area contributed by atoms with Crippen LogP contribution in [0.25, 0.3) is 0 Å². The fraction of sp³-hybridized carbons (Fsp3) is 0.727. The molecule has 1 unspecified atom stereocenters. The van der Waals surface area contributed by atoms with Crippen LogP contribution in [0.3, 0.4) is 0 Å². The van der Waals surface area contributed by atoms with Crippen molar-refractivity contribution in [2.24, 2.45) is 5.92 Å². The summed E-state index contributed by atoms with van der Waals surface area (Å²) < 4.78 is 1.93. The largest absolute Gasteiger partial charge is 0.373 e. The predicted octanol–water partition coefficient (Wildman–Crippen LogP) is 1.91. The number of imidazole rings is 1. The number of aliphatic hydroxyl groups is 1. The Morgan fingerprint density at radius 3 is 3.07 bits per heavy atom. The van der Waals surface area contributed by atoms with Gasteiger partial charge in [0.1, 0.15) is 12.1 Å². The van der Waals surface area contributed by atoms with E-state index in [1.807, 2.05) is 10.8 Å². The third kappa shape index (κ3) is 1.82. The lowest BCUT2D eigenvalue weighted by Crippen LogP contribution is -2.16. The van der Waals surface area contributed by atoms with Crippen molar-refractivity contribution in [3.8, 4) is 0 Å². The SMILES string of the molecule is CC(C)Cc1cn2c(n1)CCCC2O. The lowest BCUT2D eigenvalue weighted by molar-refractivity contribution is 0.0780. The Hall–Kier alpha value is -0.830. The molecule has 14 heavy (non-hydrogen) atoms. The van der Waals surface area contributed by atoms with Crippen molar-refractivity contribution in [1.82, 2.24) is 9.55 Å². The summed E-state index contributed by atoms with van der Waals surface area (Å²) in [6.45, 7) is 4.38. The summed E-state index contributed by atoms with van der Waals surface area (Å²) in [5, 5.41) is 9.73. The maximum absolute atomic E-state index is 9.73. The number of aryl methyl sites for hydroxylation is 1. The summed E-state index contributed by atoms with van der Waals surface area (Å²) in [4.78, 5) is 4.54. The topological polar surface area (TPSA) is 38.0 Å². The zero-order valence-corrected chi connectivity index (χ0v) is 8.90. The van der Waals surface area contributed by atoms with Gasteiger partial charge in [0, 0.05) is 12.6 Å². The fourth-order valence-electron chi connectivity index (χ4n) is 2.03. The van der Waals surface area contributed by atoms with Gasteiger partial charge < -0.3 is 9.67 Å². The summed E-state index contributed by atoms with van der Waals surface area (Å²) in [6.07, 6.45) is 5.61. The molecule has 78 valence electrons. The third-order valence-corrected chi connectivity index (χ3v) is 2.66. The molecule has 3 nitrogen and oxygen atoms in total. The highest BCUT2D eigenvalue weighted by Crippen LogP contribution is 2.23. The number of aromatic nitrogens is 2. The Morgan fingerprint density at radius 1 is 1.64 bits per heavy atom. The maximum Gasteiger partial charge on any atom is 0.131 e. The standard InChI is InChI=1S/C11H18N2O/c1-8(2)6-9-7-13-10(12-9)4-3-5-11(13)14/h7-8,11,14H,3-6H2,1-2H3. The molecular weight excluding hydrogens is 176 g/mol. The van der Waals surface area contributed by atoms with Gasteiger partial charge in [0.15, 0.2) is 0 Å². The minimum absolute atomic E-state index is 0.341. The molecule has 1 aliphatic heterocycles. The zero-order chi connectivity index (χ0) is 10.1. The molecule has 1 aromatic heterocycles. The number of nitrogens with zero attached hydrogens (tertiary/aromatic N) is 2. The van der Waals surface area contributed by atoms with E-state index >= 15 is 0 Å². The Balaban J connectivity index is 2.21. The van der Waals surface area contributed by atoms with Gasteiger partial charge in [-0.15, -0.1) is 0 Å². The minimum atomic E-state index is -0.341. The van der Waals surface area contributed by atoms with Crippen LogP contribution in [0, 0.1) is 5.92 Å². The smallest absolute Gasteiger partial charge is 0.131 e. The molecule has 1 aliphatic rings. The first kappa shape index (κ1) is 9.71. The van der Waals surface area contributed by atoms with E-state index in [0.29, 0.717) is 5.92 Å². The molecule has 1 aromatic rings. The zero-order valence-electron chi connectivity index (χ0n) is 8.90. The van der Waals surface area contributed by atoms with Gasteiger partial charge in [-0.25, -0.2) is 4.98 Å². The van der Waals surface area contributed by atoms with Gasteiger partial charge in [-0.05, 0) is 25.2 Å². The van der Waals surface area contributed by atoms with E-state index in [9.17, 15) is 5.11 Å². The molecular formula is C11H18N2O. The lowest BCUT2D eigenvalue weighted by Gasteiger charge is -2.19. The number of fused-ring (bicyclic) bond motifs is 1. The molecule has 2 rings (SSSR count). The van der Waals surface area contributed by atoms with Gasteiger partial charge in [0.25, 0.3) is 0 Å². The van der Waals surface area contributed by atoms with Crippen LogP contribution in [-0.4, -0.2) is 14.7 Å². The lowest BCUT2D eigenvalue weighted by atomic mass is 10.1. The molecule has 0 aromatic carbocycles. The summed E-state index contributed by atoms with van der Waals surface area (Å²) in [6, 6.07) is 0. The Bertz CT molecular complexity index is 317. The molecule has 0 amide bonds. The van der Waals surface area contributed by atoms with Crippen LogP contribution >= 0.6 is 0 Å². The second kappa shape index (κ2) is 3.73. The number of hydrogen-bond acceptors (Lipinski definition) is 2. The van der Waals surface area contributed by atoms with Crippen molar-refractivity contribution in [2.75, 3.05) is 0 Å². The van der Waals surface area contributed by atoms with Crippen LogP contribution in [0.5, 0.6) is 0 Å². The van der Waals surface area contributed by atoms with Gasteiger partial charge in [-0.3, -0.25) is 0 Å². The van der Waals surface area contributed by atoms with Crippen molar-refractivity contribution < 1.29 is 5.11 Å². The number of hydrogen-bond donors (Lipinski definition) is 1. The van der Waals surface area contributed by atoms with Crippen LogP contribution in [0.2, 0.25) is 0 Å². The molecule has 0 bridgehead atoms. The molecule has 2 heterocycles. The van der Waals surface area contributed by atoms with Crippen LogP contribution < -0.4 is 0 Å². The third-order valence-electron chi connectivity index (χ3n) is 2.66. The summed E-state index contributed by atoms with van der Waals surface area (Å²) in [5.41, 5.74) is 1.12. The van der Waals surface area contributed by atoms with E-state index in [0.717, 1.165) is 37.2 Å². The van der Waals surface area contributed by atoms with Gasteiger partial charge in [-0.2, -0.15) is 0 Å². The fourth-order valence-corrected chi connectivity index (χ4v) is 2.03. The Labute approximate surface area is 84.8 Å². The van der Waals surface area contributed by atoms with E-state index in [1.165, 1.54) is 0 Å². The van der Waals surface area contributed by atoms with Crippen molar-refractivity contribution >= 4 is 0 Å². The van der Waals surface area contributed by atoms with Crippen molar-refractivity contribution in [2.45, 2.75) is 45.8 Å². The van der Waals surface area contributed by atoms with Gasteiger partial charge in [-0.1, -0.05) is 13.8 Å². The summed E-state index contributed by atoms with van der Waals surface area (Å²) >= 11 is 0. The van der Waals surface area contributed by atoms with Crippen LogP contribution in [0.4, 0.5) is 0 Å². The second-order valence-corrected chi connectivity index (χ2v) is 4.53. The van der Waals surface area contributed by atoms with Crippen molar-refractivity contribution in [1.29, 1.82) is 0 Å². The second-order valence-electron chi connectivity index (χ2n) is 4.53. The van der Waals surface area contributed by atoms with Gasteiger partial charge in [0.05, 0.1) is 5.69 Å². The molecule has 0 saturated heterocycles. The Morgan fingerprint density at radius 2 is 2.43 bits per heavy atom. The summed E-state index contributed by atoms with van der Waals surface area (Å²) in [7, 11) is 0. The molecule has 1 atom stereocenters. The molecule has 0 fully saturated rings. The van der Waals surface area contributed by atoms with E-state index in [2.05, 4.69) is 18.8 Å². The molecule has 0 aliphatic carbocycles. The number of rotatable bonds is 2. The Kier molecular flexibility index (Phi) is 2.59. The molecule has 0 spiro atoms. The minimum Gasteiger partial charge on any atom is -0.373 e. The molecule has 0 radical (unpaired) electrons. The highest BCUT2D eigenvalue weighted by atomic mass is 16.3. The van der Waals surface area contributed by atoms with Crippen LogP contribution in [-0.2, 0) is 12.8 Å². The highest BCUT2D eigenvalue weighted by Gasteiger charge is 2.19. The van der Waals surface area contributed by atoms with Gasteiger partial charge >= 0.3 is 0 Å². The molecule has 3 heteroatoms. The average Bonchev–Trinajstić information content (AvgIpc) is 2.47. The quantitative estimate of drug-likeness (QED) is 0.781. The van der Waals surface area contributed by atoms with Crippen LogP contribution in [0.1, 0.15) is 44.4 Å². The first-order valence-corrected chi connectivity index (χ1v) is 5.41. The first-order valence-electron chi connectivity index (χ1n) is 5.41. The van der Waals surface area contributed by atoms with Crippen LogP contribution in [0.15, 0.2) is 6.20 Å². The van der Waals surface area contributed by atoms with Crippen molar-refractivity contribution in [3.63, 3.8) is 0 Å². The first-order chi connectivity index (χ1) is 6.66. The van der Waals surface area contributed by atoms with E-state index in [1.54, 1.807) is 0 Å². The van der Waals surface area contributed by atoms with E-state index in [-0.39, 0.29) is 6.23 Å². The number of aliphatic hydroxyl groups excluding tert-OH is 1. The molecule has 0 saturated carbocycles. The monoisotopic (exact) mass is 194 g/mol. The predicted molar refractivity (Wildman–Crippen MR) is 55.0 cm³/mol. The normalized spacial score (nSPS) is 21.3. The van der Waals surface area contributed by atoms with Crippen molar-refractivity contribution in [3.05, 3.63) is 17.7 Å². The van der Waals surface area contributed by atoms with Gasteiger partial charge in [0.2, 0.25) is 0 Å². The van der Waals surface area contributed by atoms with E-state index < -0.39 is 0 Å². The highest BCUT2D eigenvalue weighted by molar-refractivity contribution is 5.07.